The summed E-state index contributed by atoms with van der Waals surface area (Å²) in [7, 11) is 0. The fourth-order valence-corrected chi connectivity index (χ4v) is 8.57. The Kier molecular flexibility index (Phi) is 7.59. The zero-order valence-electron chi connectivity index (χ0n) is 23.5. The van der Waals surface area contributed by atoms with Crippen LogP contribution in [0.3, 0.4) is 0 Å². The zero-order valence-corrected chi connectivity index (χ0v) is 25.9. The van der Waals surface area contributed by atoms with Crippen LogP contribution in [0.2, 0.25) is 5.02 Å². The van der Waals surface area contributed by atoms with Crippen molar-refractivity contribution in [3.8, 4) is 5.75 Å². The number of H-pyrrole nitrogens is 1. The summed E-state index contributed by atoms with van der Waals surface area (Å²) in [6.45, 7) is -0.370. The number of nitro benzene ring substituents is 1. The number of thiazole rings is 1. The minimum atomic E-state index is -0.961. The van der Waals surface area contributed by atoms with Gasteiger partial charge in [-0.25, -0.2) is 4.90 Å². The van der Waals surface area contributed by atoms with E-state index < -0.39 is 39.7 Å². The van der Waals surface area contributed by atoms with E-state index in [-0.39, 0.29) is 28.6 Å². The number of nitrogens with zero attached hydrogens (tertiary/aromatic N) is 2. The fraction of sp³-hybridized carbons (Fsp3) is 0.125. The van der Waals surface area contributed by atoms with Gasteiger partial charge in [0, 0.05) is 44.6 Å². The fourth-order valence-electron chi connectivity index (χ4n) is 5.89. The summed E-state index contributed by atoms with van der Waals surface area (Å²) in [5, 5.41) is 15.8. The van der Waals surface area contributed by atoms with Gasteiger partial charge in [-0.2, -0.15) is 0 Å². The number of aromatic amines is 1. The van der Waals surface area contributed by atoms with E-state index >= 15 is 0 Å². The maximum Gasteiger partial charge on any atom is 0.305 e. The number of nitro groups is 1. The van der Waals surface area contributed by atoms with Crippen LogP contribution >= 0.6 is 34.7 Å². The Balaban J connectivity index is 1.22. The molecular weight excluding hydrogens is 652 g/mol. The number of amides is 3. The first-order valence-electron chi connectivity index (χ1n) is 13.9. The number of anilines is 2. The minimum Gasteiger partial charge on any atom is -0.483 e. The number of non-ortho nitro benzene ring substituents is 1. The number of benzene rings is 4. The van der Waals surface area contributed by atoms with Crippen molar-refractivity contribution in [2.24, 2.45) is 5.92 Å². The smallest absolute Gasteiger partial charge is 0.305 e. The first-order valence-corrected chi connectivity index (χ1v) is 16.0. The zero-order chi connectivity index (χ0) is 32.1. The van der Waals surface area contributed by atoms with Gasteiger partial charge in [-0.1, -0.05) is 71.1 Å². The number of imide groups is 1. The third-order valence-electron chi connectivity index (χ3n) is 7.87. The van der Waals surface area contributed by atoms with Crippen LogP contribution in [0.1, 0.15) is 16.4 Å². The lowest BCUT2D eigenvalue weighted by molar-refractivity contribution is -0.384. The lowest BCUT2D eigenvalue weighted by Crippen LogP contribution is -2.32. The molecule has 2 aliphatic rings. The Labute approximate surface area is 273 Å². The molecule has 0 spiro atoms. The summed E-state index contributed by atoms with van der Waals surface area (Å²) < 4.78 is 6.04. The SMILES string of the molecule is O=C(COc1ccc(Cl)cc1[C@@H]1c2sc(=O)[nH]c2S[C@H]2C(=O)N(c3ccc([N+](=O)[O-])cc3)C(=O)[C@@H]12)Nc1cccc2ccccc12. The number of ether oxygens (including phenoxy) is 1. The van der Waals surface area contributed by atoms with Crippen molar-refractivity contribution in [2.75, 3.05) is 16.8 Å². The molecule has 14 heteroatoms. The van der Waals surface area contributed by atoms with Gasteiger partial charge in [0.2, 0.25) is 11.8 Å². The second-order valence-corrected chi connectivity index (χ2v) is 13.2. The van der Waals surface area contributed by atoms with Crippen molar-refractivity contribution in [1.29, 1.82) is 0 Å². The summed E-state index contributed by atoms with van der Waals surface area (Å²) in [5.74, 6) is -2.99. The third kappa shape index (κ3) is 5.21. The molecule has 3 heterocycles. The van der Waals surface area contributed by atoms with Gasteiger partial charge < -0.3 is 15.0 Å². The number of aromatic nitrogens is 1. The second kappa shape index (κ2) is 11.7. The molecule has 7 rings (SSSR count). The maximum atomic E-state index is 14.1. The topological polar surface area (TPSA) is 152 Å². The second-order valence-electron chi connectivity index (χ2n) is 10.6. The van der Waals surface area contributed by atoms with Gasteiger partial charge in [0.1, 0.15) is 11.0 Å². The summed E-state index contributed by atoms with van der Waals surface area (Å²) >= 11 is 8.46. The number of hydrogen-bond donors (Lipinski definition) is 2. The molecule has 4 aromatic carbocycles. The van der Waals surface area contributed by atoms with Crippen LogP contribution in [0.4, 0.5) is 17.1 Å². The Morgan fingerprint density at radius 2 is 1.76 bits per heavy atom. The Morgan fingerprint density at radius 1 is 1.00 bits per heavy atom. The molecule has 3 amide bonds. The molecule has 0 aliphatic carbocycles. The molecule has 1 fully saturated rings. The molecule has 1 saturated heterocycles. The van der Waals surface area contributed by atoms with Crippen LogP contribution in [-0.4, -0.2) is 39.5 Å². The van der Waals surface area contributed by atoms with Crippen molar-refractivity contribution >= 4 is 80.3 Å². The lowest BCUT2D eigenvalue weighted by Gasteiger charge is -2.31. The van der Waals surface area contributed by atoms with Crippen molar-refractivity contribution in [2.45, 2.75) is 16.2 Å². The van der Waals surface area contributed by atoms with Gasteiger partial charge in [-0.05, 0) is 41.8 Å². The van der Waals surface area contributed by atoms with Crippen LogP contribution in [-0.2, 0) is 14.4 Å². The van der Waals surface area contributed by atoms with E-state index in [2.05, 4.69) is 10.3 Å². The highest BCUT2D eigenvalue weighted by Crippen LogP contribution is 2.54. The van der Waals surface area contributed by atoms with Crippen LogP contribution in [0.15, 0.2) is 94.7 Å². The lowest BCUT2D eigenvalue weighted by atomic mass is 9.82. The van der Waals surface area contributed by atoms with E-state index in [0.29, 0.717) is 26.2 Å². The van der Waals surface area contributed by atoms with Gasteiger partial charge in [0.25, 0.3) is 11.6 Å². The van der Waals surface area contributed by atoms with Crippen molar-refractivity contribution in [1.82, 2.24) is 4.98 Å². The molecule has 0 unspecified atom stereocenters. The number of carbonyl (C=O) groups excluding carboxylic acids is 3. The van der Waals surface area contributed by atoms with Crippen molar-refractivity contribution in [3.05, 3.63) is 120 Å². The van der Waals surface area contributed by atoms with E-state index in [4.69, 9.17) is 16.3 Å². The molecule has 3 atom stereocenters. The predicted molar refractivity (Wildman–Crippen MR) is 175 cm³/mol. The molecule has 0 bridgehead atoms. The number of halogens is 1. The Hall–Kier alpha value is -4.98. The normalized spacial score (nSPS) is 18.7. The van der Waals surface area contributed by atoms with Gasteiger partial charge in [-0.3, -0.25) is 29.3 Å². The molecule has 0 radical (unpaired) electrons. The Morgan fingerprint density at radius 3 is 2.54 bits per heavy atom. The molecule has 5 aromatic rings. The maximum absolute atomic E-state index is 14.1. The van der Waals surface area contributed by atoms with Crippen LogP contribution in [0.5, 0.6) is 5.75 Å². The van der Waals surface area contributed by atoms with Gasteiger partial charge >= 0.3 is 4.87 Å². The highest BCUT2D eigenvalue weighted by Gasteiger charge is 2.57. The number of carbonyl (C=O) groups is 3. The quantitative estimate of drug-likeness (QED) is 0.122. The number of hydrogen-bond acceptors (Lipinski definition) is 9. The van der Waals surface area contributed by atoms with Gasteiger partial charge in [-0.15, -0.1) is 0 Å². The first kappa shape index (κ1) is 29.7. The standard InChI is InChI=1S/C32H21ClN4O7S2/c33-17-8-13-23(44-15-24(38)34-22-7-3-5-16-4-1-2-6-20(16)22)21(14-17)25-26-28(45-29-27(25)46-32(41)35-29)31(40)36(30(26)39)18-9-11-19(12-10-18)37(42)43/h1-14,25-26,28H,15H2,(H,34,38)(H,35,41)/t25-,26-,28+/m0/s1. The van der Waals surface area contributed by atoms with E-state index in [1.165, 1.54) is 24.3 Å². The number of nitrogens with one attached hydrogen (secondary N) is 2. The number of rotatable bonds is 7. The van der Waals surface area contributed by atoms with E-state index in [1.807, 2.05) is 36.4 Å². The first-order chi connectivity index (χ1) is 22.2. The molecule has 2 N–H and O–H groups in total. The summed E-state index contributed by atoms with van der Waals surface area (Å²) in [4.78, 5) is 68.0. The molecule has 1 aromatic heterocycles. The summed E-state index contributed by atoms with van der Waals surface area (Å²) in [6, 6.07) is 23.2. The van der Waals surface area contributed by atoms with E-state index in [1.54, 1.807) is 24.3 Å². The predicted octanol–water partition coefficient (Wildman–Crippen LogP) is 5.96. The van der Waals surface area contributed by atoms with E-state index in [0.717, 1.165) is 38.8 Å². The highest BCUT2D eigenvalue weighted by molar-refractivity contribution is 8.00. The van der Waals surface area contributed by atoms with E-state index in [9.17, 15) is 29.3 Å². The molecule has 0 saturated carbocycles. The van der Waals surface area contributed by atoms with Crippen LogP contribution in [0.25, 0.3) is 10.8 Å². The largest absolute Gasteiger partial charge is 0.483 e. The minimum absolute atomic E-state index is 0.183. The van der Waals surface area contributed by atoms with Crippen molar-refractivity contribution in [3.63, 3.8) is 0 Å². The van der Waals surface area contributed by atoms with Crippen LogP contribution < -0.4 is 19.8 Å². The highest BCUT2D eigenvalue weighted by atomic mass is 35.5. The summed E-state index contributed by atoms with van der Waals surface area (Å²) in [5.41, 5.74) is 1.07. The van der Waals surface area contributed by atoms with Gasteiger partial charge in [0.05, 0.1) is 21.6 Å². The average Bonchev–Trinajstić information content (AvgIpc) is 3.54. The van der Waals surface area contributed by atoms with Crippen LogP contribution in [0, 0.1) is 16.0 Å². The molecule has 2 aliphatic heterocycles. The summed E-state index contributed by atoms with van der Waals surface area (Å²) in [6.07, 6.45) is 0. The monoisotopic (exact) mass is 672 g/mol. The van der Waals surface area contributed by atoms with Crippen molar-refractivity contribution < 1.29 is 24.0 Å². The Bertz CT molecular complexity index is 2130. The average molecular weight is 673 g/mol. The number of thioether (sulfide) groups is 1. The van der Waals surface area contributed by atoms with Gasteiger partial charge in [0.15, 0.2) is 6.61 Å². The molecule has 230 valence electrons. The molecule has 11 nitrogen and oxygen atoms in total. The third-order valence-corrected chi connectivity index (χ3v) is 10.5. The molecule has 46 heavy (non-hydrogen) atoms. The number of fused-ring (bicyclic) bond motifs is 3. The molecular formula is C32H21ClN4O7S2.